The predicted octanol–water partition coefficient (Wildman–Crippen LogP) is 4.72. The fourth-order valence-corrected chi connectivity index (χ4v) is 3.83. The second-order valence-electron chi connectivity index (χ2n) is 5.65. The van der Waals surface area contributed by atoms with Crippen LogP contribution in [0.25, 0.3) is 0 Å². The molecule has 21 heavy (non-hydrogen) atoms. The molecule has 4 heteroatoms. The van der Waals surface area contributed by atoms with E-state index in [2.05, 4.69) is 30.1 Å². The van der Waals surface area contributed by atoms with Crippen LogP contribution in [0.5, 0.6) is 0 Å². The van der Waals surface area contributed by atoms with Gasteiger partial charge in [-0.15, -0.1) is 11.3 Å². The van der Waals surface area contributed by atoms with Gasteiger partial charge in [-0.25, -0.2) is 4.39 Å². The number of benzene rings is 1. The molecule has 0 spiro atoms. The SMILES string of the molecule is Cc1cc(CNc2ccc(N3CCCC3)c(F)c2)c(C)s1. The van der Waals surface area contributed by atoms with Gasteiger partial charge in [0.25, 0.3) is 0 Å². The summed E-state index contributed by atoms with van der Waals surface area (Å²) in [5, 5.41) is 3.32. The summed E-state index contributed by atoms with van der Waals surface area (Å²) >= 11 is 1.81. The molecule has 3 rings (SSSR count). The molecule has 0 amide bonds. The maximum Gasteiger partial charge on any atom is 0.148 e. The number of anilines is 2. The number of nitrogens with zero attached hydrogens (tertiary/aromatic N) is 1. The van der Waals surface area contributed by atoms with Crippen molar-refractivity contribution in [3.63, 3.8) is 0 Å². The van der Waals surface area contributed by atoms with Crippen LogP contribution in [0, 0.1) is 19.7 Å². The van der Waals surface area contributed by atoms with Gasteiger partial charge in [0.1, 0.15) is 5.82 Å². The smallest absolute Gasteiger partial charge is 0.148 e. The molecule has 0 saturated carbocycles. The van der Waals surface area contributed by atoms with Crippen molar-refractivity contribution in [2.45, 2.75) is 33.2 Å². The normalized spacial score (nSPS) is 14.7. The van der Waals surface area contributed by atoms with E-state index < -0.39 is 0 Å². The third-order valence-electron chi connectivity index (χ3n) is 4.02. The zero-order chi connectivity index (χ0) is 14.8. The minimum Gasteiger partial charge on any atom is -0.381 e. The van der Waals surface area contributed by atoms with Crippen LogP contribution in [-0.2, 0) is 6.54 Å². The molecule has 0 bridgehead atoms. The number of hydrogen-bond donors (Lipinski definition) is 1. The molecule has 1 aromatic heterocycles. The molecular weight excluding hydrogens is 283 g/mol. The highest BCUT2D eigenvalue weighted by atomic mass is 32.1. The first-order valence-corrected chi connectivity index (χ1v) is 8.29. The van der Waals surface area contributed by atoms with Crippen molar-refractivity contribution in [1.29, 1.82) is 0 Å². The van der Waals surface area contributed by atoms with Crippen molar-refractivity contribution in [3.05, 3.63) is 45.4 Å². The molecule has 0 unspecified atom stereocenters. The first kappa shape index (κ1) is 14.4. The van der Waals surface area contributed by atoms with E-state index in [-0.39, 0.29) is 5.82 Å². The van der Waals surface area contributed by atoms with Crippen LogP contribution in [0.2, 0.25) is 0 Å². The number of thiophene rings is 1. The van der Waals surface area contributed by atoms with Gasteiger partial charge in [0, 0.05) is 35.1 Å². The zero-order valence-corrected chi connectivity index (χ0v) is 13.4. The summed E-state index contributed by atoms with van der Waals surface area (Å²) in [6.07, 6.45) is 2.33. The lowest BCUT2D eigenvalue weighted by Crippen LogP contribution is -2.18. The lowest BCUT2D eigenvalue weighted by molar-refractivity contribution is 0.623. The molecule has 2 heterocycles. The van der Waals surface area contributed by atoms with E-state index >= 15 is 0 Å². The summed E-state index contributed by atoms with van der Waals surface area (Å²) in [6.45, 7) is 6.93. The molecule has 112 valence electrons. The maximum absolute atomic E-state index is 14.2. The fourth-order valence-electron chi connectivity index (χ4n) is 2.89. The van der Waals surface area contributed by atoms with Gasteiger partial charge in [0.2, 0.25) is 0 Å². The number of halogens is 1. The Morgan fingerprint density at radius 3 is 2.57 bits per heavy atom. The summed E-state index contributed by atoms with van der Waals surface area (Å²) in [5.74, 6) is -0.125. The zero-order valence-electron chi connectivity index (χ0n) is 12.6. The molecular formula is C17H21FN2S. The van der Waals surface area contributed by atoms with Crippen LogP contribution < -0.4 is 10.2 Å². The lowest BCUT2D eigenvalue weighted by Gasteiger charge is -2.19. The van der Waals surface area contributed by atoms with Crippen LogP contribution >= 0.6 is 11.3 Å². The van der Waals surface area contributed by atoms with Gasteiger partial charge in [-0.3, -0.25) is 0 Å². The Bertz CT molecular complexity index is 630. The third kappa shape index (κ3) is 3.21. The molecule has 1 fully saturated rings. The number of aryl methyl sites for hydroxylation is 2. The van der Waals surface area contributed by atoms with E-state index in [1.165, 1.54) is 15.3 Å². The Labute approximate surface area is 129 Å². The average molecular weight is 304 g/mol. The van der Waals surface area contributed by atoms with Gasteiger partial charge in [-0.2, -0.15) is 0 Å². The molecule has 0 aliphatic carbocycles. The van der Waals surface area contributed by atoms with Gasteiger partial charge in [-0.1, -0.05) is 0 Å². The number of nitrogens with one attached hydrogen (secondary N) is 1. The van der Waals surface area contributed by atoms with E-state index in [1.54, 1.807) is 17.4 Å². The quantitative estimate of drug-likeness (QED) is 0.879. The molecule has 1 saturated heterocycles. The third-order valence-corrected chi connectivity index (χ3v) is 5.03. The van der Waals surface area contributed by atoms with Gasteiger partial charge in [0.05, 0.1) is 5.69 Å². The summed E-state index contributed by atoms with van der Waals surface area (Å²) in [4.78, 5) is 4.78. The fraction of sp³-hybridized carbons (Fsp3) is 0.412. The first-order valence-electron chi connectivity index (χ1n) is 7.48. The van der Waals surface area contributed by atoms with Gasteiger partial charge in [0.15, 0.2) is 0 Å². The van der Waals surface area contributed by atoms with Crippen molar-refractivity contribution in [3.8, 4) is 0 Å². The van der Waals surface area contributed by atoms with Crippen LogP contribution in [0.15, 0.2) is 24.3 Å². The maximum atomic E-state index is 14.2. The van der Waals surface area contributed by atoms with Crippen molar-refractivity contribution in [1.82, 2.24) is 0 Å². The molecule has 2 aromatic rings. The molecule has 1 aliphatic rings. The molecule has 2 nitrogen and oxygen atoms in total. The molecule has 1 aromatic carbocycles. The molecule has 0 radical (unpaired) electrons. The van der Waals surface area contributed by atoms with Crippen LogP contribution in [0.1, 0.15) is 28.2 Å². The number of hydrogen-bond acceptors (Lipinski definition) is 3. The average Bonchev–Trinajstić information content (AvgIpc) is 3.06. The van der Waals surface area contributed by atoms with Crippen molar-refractivity contribution in [2.75, 3.05) is 23.3 Å². The topological polar surface area (TPSA) is 15.3 Å². The van der Waals surface area contributed by atoms with E-state index in [1.807, 2.05) is 12.1 Å². The Hall–Kier alpha value is -1.55. The summed E-state index contributed by atoms with van der Waals surface area (Å²) in [7, 11) is 0. The second kappa shape index (κ2) is 6.06. The molecule has 1 N–H and O–H groups in total. The van der Waals surface area contributed by atoms with Crippen LogP contribution in [-0.4, -0.2) is 13.1 Å². The van der Waals surface area contributed by atoms with Gasteiger partial charge < -0.3 is 10.2 Å². The highest BCUT2D eigenvalue weighted by Gasteiger charge is 2.16. The highest BCUT2D eigenvalue weighted by molar-refractivity contribution is 7.12. The minimum absolute atomic E-state index is 0.125. The minimum atomic E-state index is -0.125. The van der Waals surface area contributed by atoms with Gasteiger partial charge in [-0.05, 0) is 56.5 Å². The predicted molar refractivity (Wildman–Crippen MR) is 89.0 cm³/mol. The monoisotopic (exact) mass is 304 g/mol. The Morgan fingerprint density at radius 2 is 1.95 bits per heavy atom. The lowest BCUT2D eigenvalue weighted by atomic mass is 10.2. The Morgan fingerprint density at radius 1 is 1.19 bits per heavy atom. The van der Waals surface area contributed by atoms with Crippen LogP contribution in [0.4, 0.5) is 15.8 Å². The Balaban J connectivity index is 1.69. The van der Waals surface area contributed by atoms with Crippen molar-refractivity contribution >= 4 is 22.7 Å². The van der Waals surface area contributed by atoms with E-state index in [4.69, 9.17) is 0 Å². The van der Waals surface area contributed by atoms with E-state index in [9.17, 15) is 4.39 Å². The largest absolute Gasteiger partial charge is 0.381 e. The Kier molecular flexibility index (Phi) is 4.15. The second-order valence-corrected chi connectivity index (χ2v) is 7.11. The summed E-state index contributed by atoms with van der Waals surface area (Å²) in [5.41, 5.74) is 2.88. The molecule has 0 atom stereocenters. The standard InChI is InChI=1S/C17H21FN2S/c1-12-9-14(13(2)21-12)11-19-15-5-6-17(16(18)10-15)20-7-3-4-8-20/h5-6,9-10,19H,3-4,7-8,11H2,1-2H3. The summed E-state index contributed by atoms with van der Waals surface area (Å²) in [6, 6.07) is 7.68. The van der Waals surface area contributed by atoms with Crippen molar-refractivity contribution < 1.29 is 4.39 Å². The van der Waals surface area contributed by atoms with Crippen molar-refractivity contribution in [2.24, 2.45) is 0 Å². The van der Waals surface area contributed by atoms with Crippen LogP contribution in [0.3, 0.4) is 0 Å². The number of rotatable bonds is 4. The summed E-state index contributed by atoms with van der Waals surface area (Å²) < 4.78 is 14.2. The van der Waals surface area contributed by atoms with E-state index in [0.717, 1.165) is 43.9 Å². The highest BCUT2D eigenvalue weighted by Crippen LogP contribution is 2.27. The first-order chi connectivity index (χ1) is 10.1. The van der Waals surface area contributed by atoms with Gasteiger partial charge >= 0.3 is 0 Å². The van der Waals surface area contributed by atoms with E-state index in [0.29, 0.717) is 0 Å². The molecule has 1 aliphatic heterocycles.